The van der Waals surface area contributed by atoms with Crippen LogP contribution in [0.5, 0.6) is 5.75 Å². The Kier molecular flexibility index (Phi) is 7.65. The van der Waals surface area contributed by atoms with Crippen LogP contribution in [0.1, 0.15) is 12.0 Å². The zero-order chi connectivity index (χ0) is 21.3. The number of hydrogen-bond acceptors (Lipinski definition) is 7. The van der Waals surface area contributed by atoms with Crippen LogP contribution in [0, 0.1) is 0 Å². The molecule has 1 aliphatic heterocycles. The minimum atomic E-state index is 0.729. The van der Waals surface area contributed by atoms with E-state index in [1.165, 1.54) is 0 Å². The summed E-state index contributed by atoms with van der Waals surface area (Å²) in [5.41, 5.74) is 6.07. The molecule has 0 aliphatic carbocycles. The Balaban J connectivity index is 1.22. The number of anilines is 1. The van der Waals surface area contributed by atoms with Gasteiger partial charge in [0.25, 0.3) is 0 Å². The molecule has 1 saturated heterocycles. The average Bonchev–Trinajstić information content (AvgIpc) is 3.28. The molecule has 162 valence electrons. The van der Waals surface area contributed by atoms with Gasteiger partial charge in [0.15, 0.2) is 0 Å². The quantitative estimate of drug-likeness (QED) is 0.309. The second kappa shape index (κ2) is 11.0. The zero-order valence-corrected chi connectivity index (χ0v) is 18.7. The van der Waals surface area contributed by atoms with E-state index in [4.69, 9.17) is 4.74 Å². The first-order chi connectivity index (χ1) is 15.3. The molecule has 0 amide bonds. The summed E-state index contributed by atoms with van der Waals surface area (Å²) in [6.07, 6.45) is 2.83. The van der Waals surface area contributed by atoms with Crippen molar-refractivity contribution < 1.29 is 4.74 Å². The Labute approximate surface area is 188 Å². The molecule has 1 aliphatic rings. The number of likely N-dealkylation sites (N-methyl/N-ethyl adjacent to an activating group) is 1. The Morgan fingerprint density at radius 3 is 2.77 bits per heavy atom. The van der Waals surface area contributed by atoms with E-state index in [0.717, 1.165) is 73.5 Å². The number of rotatable bonds is 9. The molecule has 6 nitrogen and oxygen atoms in total. The van der Waals surface area contributed by atoms with Crippen LogP contribution in [0.2, 0.25) is 0 Å². The molecule has 0 saturated carbocycles. The summed E-state index contributed by atoms with van der Waals surface area (Å²) in [7, 11) is 2.19. The van der Waals surface area contributed by atoms with Crippen LogP contribution in [-0.2, 0) is 0 Å². The van der Waals surface area contributed by atoms with Crippen molar-refractivity contribution in [3.8, 4) is 17.0 Å². The molecule has 0 radical (unpaired) electrons. The summed E-state index contributed by atoms with van der Waals surface area (Å²) in [6.45, 7) is 6.45. The molecular formula is C24H29N5OS. The van der Waals surface area contributed by atoms with E-state index in [0.29, 0.717) is 0 Å². The third-order valence-electron chi connectivity index (χ3n) is 5.29. The molecule has 7 heteroatoms. The lowest BCUT2D eigenvalue weighted by Gasteiger charge is -2.32. The normalized spacial score (nSPS) is 15.4. The first-order valence-electron chi connectivity index (χ1n) is 10.7. The van der Waals surface area contributed by atoms with Crippen LogP contribution >= 0.6 is 11.3 Å². The molecule has 1 N–H and O–H groups in total. The van der Waals surface area contributed by atoms with E-state index in [-0.39, 0.29) is 0 Å². The standard InChI is InChI=1S/C24H29N5OS/c1-28-12-14-29(15-13-28)11-6-16-30-22-10-5-7-20(17-22)18-25-27-24-26-23(19-31-24)21-8-3-2-4-9-21/h2-5,7-10,17-19H,6,11-16H2,1H3,(H,26,27). The Bertz CT molecular complexity index is 967. The van der Waals surface area contributed by atoms with Crippen molar-refractivity contribution in [2.45, 2.75) is 6.42 Å². The first-order valence-corrected chi connectivity index (χ1v) is 11.6. The average molecular weight is 436 g/mol. The number of nitrogens with zero attached hydrogens (tertiary/aromatic N) is 4. The number of benzene rings is 2. The van der Waals surface area contributed by atoms with Gasteiger partial charge in [0.05, 0.1) is 18.5 Å². The second-order valence-corrected chi connectivity index (χ2v) is 8.55. The fraction of sp³-hybridized carbons (Fsp3) is 0.333. The fourth-order valence-electron chi connectivity index (χ4n) is 3.46. The molecule has 4 rings (SSSR count). The summed E-state index contributed by atoms with van der Waals surface area (Å²) in [6, 6.07) is 18.2. The highest BCUT2D eigenvalue weighted by atomic mass is 32.1. The van der Waals surface area contributed by atoms with E-state index >= 15 is 0 Å². The fourth-order valence-corrected chi connectivity index (χ4v) is 4.13. The van der Waals surface area contributed by atoms with Gasteiger partial charge in [-0.2, -0.15) is 5.10 Å². The smallest absolute Gasteiger partial charge is 0.203 e. The number of aromatic nitrogens is 1. The number of ether oxygens (including phenoxy) is 1. The third-order valence-corrected chi connectivity index (χ3v) is 6.04. The number of piperazine rings is 1. The van der Waals surface area contributed by atoms with E-state index in [9.17, 15) is 0 Å². The lowest BCUT2D eigenvalue weighted by atomic mass is 10.2. The van der Waals surface area contributed by atoms with Crippen LogP contribution in [0.4, 0.5) is 5.13 Å². The topological polar surface area (TPSA) is 53.0 Å². The van der Waals surface area contributed by atoms with Crippen LogP contribution in [0.15, 0.2) is 65.1 Å². The summed E-state index contributed by atoms with van der Waals surface area (Å²) in [5.74, 6) is 0.878. The summed E-state index contributed by atoms with van der Waals surface area (Å²) >= 11 is 1.54. The maximum atomic E-state index is 5.95. The molecule has 1 fully saturated rings. The van der Waals surface area contributed by atoms with E-state index in [1.54, 1.807) is 17.6 Å². The van der Waals surface area contributed by atoms with E-state index in [2.05, 4.69) is 44.5 Å². The molecule has 0 bridgehead atoms. The minimum Gasteiger partial charge on any atom is -0.494 e. The Morgan fingerprint density at radius 2 is 1.94 bits per heavy atom. The van der Waals surface area contributed by atoms with Gasteiger partial charge in [-0.1, -0.05) is 42.5 Å². The number of hydrazone groups is 1. The van der Waals surface area contributed by atoms with E-state index in [1.807, 2.05) is 47.8 Å². The van der Waals surface area contributed by atoms with Gasteiger partial charge >= 0.3 is 0 Å². The SMILES string of the molecule is CN1CCN(CCCOc2cccc(C=NNc3nc(-c4ccccc4)cs3)c2)CC1. The lowest BCUT2D eigenvalue weighted by molar-refractivity contribution is 0.145. The van der Waals surface area contributed by atoms with Crippen molar-refractivity contribution in [3.05, 3.63) is 65.5 Å². The molecule has 31 heavy (non-hydrogen) atoms. The lowest BCUT2D eigenvalue weighted by Crippen LogP contribution is -2.44. The third kappa shape index (κ3) is 6.62. The molecular weight excluding hydrogens is 406 g/mol. The highest BCUT2D eigenvalue weighted by Crippen LogP contribution is 2.24. The van der Waals surface area contributed by atoms with Crippen LogP contribution in [-0.4, -0.2) is 67.4 Å². The summed E-state index contributed by atoms with van der Waals surface area (Å²) in [5, 5.41) is 7.13. The van der Waals surface area contributed by atoms with Gasteiger partial charge in [0.1, 0.15) is 5.75 Å². The van der Waals surface area contributed by atoms with Crippen LogP contribution in [0.25, 0.3) is 11.3 Å². The molecule has 0 spiro atoms. The van der Waals surface area contributed by atoms with Crippen molar-refractivity contribution in [3.63, 3.8) is 0 Å². The number of thiazole rings is 1. The zero-order valence-electron chi connectivity index (χ0n) is 17.9. The molecule has 1 aromatic heterocycles. The van der Waals surface area contributed by atoms with Crippen molar-refractivity contribution >= 4 is 22.7 Å². The second-order valence-electron chi connectivity index (χ2n) is 7.69. The summed E-state index contributed by atoms with van der Waals surface area (Å²) < 4.78 is 5.95. The van der Waals surface area contributed by atoms with Gasteiger partial charge in [0.2, 0.25) is 5.13 Å². The van der Waals surface area contributed by atoms with Crippen molar-refractivity contribution in [2.24, 2.45) is 5.10 Å². The molecule has 3 aromatic rings. The van der Waals surface area contributed by atoms with Crippen LogP contribution < -0.4 is 10.2 Å². The van der Waals surface area contributed by atoms with Gasteiger partial charge in [-0.15, -0.1) is 11.3 Å². The van der Waals surface area contributed by atoms with Crippen molar-refractivity contribution in [1.82, 2.24) is 14.8 Å². The highest BCUT2D eigenvalue weighted by molar-refractivity contribution is 7.14. The van der Waals surface area contributed by atoms with Crippen molar-refractivity contribution in [2.75, 3.05) is 51.8 Å². The summed E-state index contributed by atoms with van der Waals surface area (Å²) in [4.78, 5) is 9.48. The maximum Gasteiger partial charge on any atom is 0.203 e. The van der Waals surface area contributed by atoms with Gasteiger partial charge in [-0.25, -0.2) is 4.98 Å². The maximum absolute atomic E-state index is 5.95. The molecule has 0 unspecified atom stereocenters. The van der Waals surface area contributed by atoms with Crippen LogP contribution in [0.3, 0.4) is 0 Å². The monoisotopic (exact) mass is 435 g/mol. The molecule has 0 atom stereocenters. The first kappa shape index (κ1) is 21.5. The number of nitrogens with one attached hydrogen (secondary N) is 1. The predicted molar refractivity (Wildman–Crippen MR) is 129 cm³/mol. The van der Waals surface area contributed by atoms with Gasteiger partial charge in [0, 0.05) is 43.7 Å². The van der Waals surface area contributed by atoms with Crippen molar-refractivity contribution in [1.29, 1.82) is 0 Å². The minimum absolute atomic E-state index is 0.729. The molecule has 2 heterocycles. The van der Waals surface area contributed by atoms with Gasteiger partial charge < -0.3 is 14.5 Å². The Hall–Kier alpha value is -2.74. The van der Waals surface area contributed by atoms with Gasteiger partial charge in [-0.3, -0.25) is 5.43 Å². The van der Waals surface area contributed by atoms with Gasteiger partial charge in [-0.05, 0) is 31.2 Å². The Morgan fingerprint density at radius 1 is 1.10 bits per heavy atom. The highest BCUT2D eigenvalue weighted by Gasteiger charge is 2.12. The van der Waals surface area contributed by atoms with E-state index < -0.39 is 0 Å². The molecule has 2 aromatic carbocycles. The number of hydrogen-bond donors (Lipinski definition) is 1. The largest absolute Gasteiger partial charge is 0.494 e. The predicted octanol–water partition coefficient (Wildman–Crippen LogP) is 4.27.